The first-order valence-corrected chi connectivity index (χ1v) is 8.87. The number of carbonyl (C=O) groups is 2. The van der Waals surface area contributed by atoms with Crippen LogP contribution in [0.3, 0.4) is 0 Å². The van der Waals surface area contributed by atoms with Gasteiger partial charge in [0.05, 0.1) is 12.7 Å². The van der Waals surface area contributed by atoms with Crippen LogP contribution in [-0.4, -0.2) is 45.1 Å². The second-order valence-corrected chi connectivity index (χ2v) is 6.87. The average molecular weight is 369 g/mol. The number of aromatic nitrogens is 3. The van der Waals surface area contributed by atoms with E-state index in [0.29, 0.717) is 11.4 Å². The molecule has 0 radical (unpaired) electrons. The van der Waals surface area contributed by atoms with E-state index < -0.39 is 0 Å². The first kappa shape index (κ1) is 17.8. The molecule has 1 N–H and O–H groups in total. The molecule has 134 valence electrons. The molecule has 7 nitrogen and oxygen atoms in total. The highest BCUT2D eigenvalue weighted by molar-refractivity contribution is 7.13. The number of hydrogen-bond acceptors (Lipinski definition) is 5. The van der Waals surface area contributed by atoms with Gasteiger partial charge >= 0.3 is 0 Å². The van der Waals surface area contributed by atoms with Gasteiger partial charge in [0.1, 0.15) is 10.7 Å². The van der Waals surface area contributed by atoms with Crippen LogP contribution in [0.25, 0.3) is 10.6 Å². The van der Waals surface area contributed by atoms with Gasteiger partial charge in [0.25, 0.3) is 5.91 Å². The number of thiazole rings is 1. The topological polar surface area (TPSA) is 80.1 Å². The maximum absolute atomic E-state index is 12.5. The second kappa shape index (κ2) is 7.49. The highest BCUT2D eigenvalue weighted by atomic mass is 32.1. The molecule has 0 aliphatic heterocycles. The van der Waals surface area contributed by atoms with E-state index in [-0.39, 0.29) is 18.4 Å². The maximum atomic E-state index is 12.5. The molecule has 0 saturated carbocycles. The normalized spacial score (nSPS) is 10.6. The molecule has 0 atom stereocenters. The summed E-state index contributed by atoms with van der Waals surface area (Å²) in [5, 5.41) is 9.30. The minimum absolute atomic E-state index is 0.0491. The number of carbonyl (C=O) groups excluding carboxylic acids is 2. The first-order chi connectivity index (χ1) is 12.4. The Labute approximate surface area is 155 Å². The van der Waals surface area contributed by atoms with Gasteiger partial charge in [-0.25, -0.2) is 4.98 Å². The summed E-state index contributed by atoms with van der Waals surface area (Å²) in [6, 6.07) is 7.49. The van der Waals surface area contributed by atoms with Crippen molar-refractivity contribution in [2.24, 2.45) is 7.05 Å². The van der Waals surface area contributed by atoms with Crippen molar-refractivity contribution >= 4 is 28.8 Å². The Bertz CT molecular complexity index is 929. The highest BCUT2D eigenvalue weighted by Gasteiger charge is 2.19. The molecule has 26 heavy (non-hydrogen) atoms. The van der Waals surface area contributed by atoms with Crippen molar-refractivity contribution in [3.8, 4) is 10.6 Å². The molecule has 3 rings (SSSR count). The number of hydrogen-bond donors (Lipinski definition) is 1. The van der Waals surface area contributed by atoms with E-state index in [1.54, 1.807) is 23.3 Å². The third-order valence-electron chi connectivity index (χ3n) is 3.74. The highest BCUT2D eigenvalue weighted by Crippen LogP contribution is 2.23. The van der Waals surface area contributed by atoms with Crippen LogP contribution in [0.2, 0.25) is 0 Å². The molecule has 2 aromatic heterocycles. The summed E-state index contributed by atoms with van der Waals surface area (Å²) >= 11 is 1.37. The Kier molecular flexibility index (Phi) is 5.13. The molecule has 0 aliphatic carbocycles. The van der Waals surface area contributed by atoms with Gasteiger partial charge in [0, 0.05) is 36.9 Å². The monoisotopic (exact) mass is 369 g/mol. The van der Waals surface area contributed by atoms with Gasteiger partial charge in [-0.3, -0.25) is 14.3 Å². The first-order valence-electron chi connectivity index (χ1n) is 7.99. The lowest BCUT2D eigenvalue weighted by molar-refractivity contribution is -0.116. The number of amides is 2. The van der Waals surface area contributed by atoms with Crippen molar-refractivity contribution < 1.29 is 9.59 Å². The fraction of sp³-hybridized carbons (Fsp3) is 0.222. The smallest absolute Gasteiger partial charge is 0.273 e. The van der Waals surface area contributed by atoms with E-state index in [2.05, 4.69) is 15.4 Å². The Morgan fingerprint density at radius 2 is 2.00 bits per heavy atom. The van der Waals surface area contributed by atoms with Gasteiger partial charge in [0.15, 0.2) is 0 Å². The Balaban J connectivity index is 1.61. The van der Waals surface area contributed by atoms with E-state index in [1.807, 2.05) is 44.4 Å². The predicted molar refractivity (Wildman–Crippen MR) is 101 cm³/mol. The minimum atomic E-state index is -0.296. The predicted octanol–water partition coefficient (Wildman–Crippen LogP) is 2.56. The molecule has 0 bridgehead atoms. The Morgan fingerprint density at radius 1 is 1.27 bits per heavy atom. The maximum Gasteiger partial charge on any atom is 0.273 e. The zero-order valence-corrected chi connectivity index (χ0v) is 15.6. The van der Waals surface area contributed by atoms with E-state index in [9.17, 15) is 9.59 Å². The van der Waals surface area contributed by atoms with Crippen molar-refractivity contribution in [3.05, 3.63) is 53.3 Å². The minimum Gasteiger partial charge on any atom is -0.331 e. The summed E-state index contributed by atoms with van der Waals surface area (Å²) in [5.41, 5.74) is 2.99. The van der Waals surface area contributed by atoms with Gasteiger partial charge in [-0.15, -0.1) is 11.3 Å². The van der Waals surface area contributed by atoms with Crippen LogP contribution >= 0.6 is 11.3 Å². The van der Waals surface area contributed by atoms with Crippen LogP contribution in [0.1, 0.15) is 16.1 Å². The van der Waals surface area contributed by atoms with E-state index in [1.165, 1.54) is 16.2 Å². The summed E-state index contributed by atoms with van der Waals surface area (Å²) in [6.07, 6.45) is 3.54. The third-order valence-corrected chi connectivity index (χ3v) is 4.63. The number of rotatable bonds is 5. The molecule has 1 aromatic carbocycles. The van der Waals surface area contributed by atoms with Crippen molar-refractivity contribution in [1.29, 1.82) is 0 Å². The van der Waals surface area contributed by atoms with Gasteiger partial charge in [0.2, 0.25) is 5.91 Å². The van der Waals surface area contributed by atoms with Crippen molar-refractivity contribution in [2.45, 2.75) is 6.92 Å². The van der Waals surface area contributed by atoms with Gasteiger partial charge in [-0.2, -0.15) is 5.10 Å². The summed E-state index contributed by atoms with van der Waals surface area (Å²) in [5.74, 6) is -0.553. The summed E-state index contributed by atoms with van der Waals surface area (Å²) in [7, 11) is 3.41. The van der Waals surface area contributed by atoms with Crippen LogP contribution in [-0.2, 0) is 11.8 Å². The Hall–Kier alpha value is -3.00. The molecular weight excluding hydrogens is 350 g/mol. The lowest BCUT2D eigenvalue weighted by Gasteiger charge is -2.15. The lowest BCUT2D eigenvalue weighted by atomic mass is 10.2. The number of aryl methyl sites for hydroxylation is 2. The molecule has 0 spiro atoms. The second-order valence-electron chi connectivity index (χ2n) is 6.02. The summed E-state index contributed by atoms with van der Waals surface area (Å²) < 4.78 is 1.68. The van der Waals surface area contributed by atoms with Crippen LogP contribution in [0.4, 0.5) is 5.69 Å². The molecule has 0 saturated heterocycles. The van der Waals surface area contributed by atoms with Crippen molar-refractivity contribution in [1.82, 2.24) is 19.7 Å². The standard InChI is InChI=1S/C18H19N5O2S/c1-12-4-6-14(7-5-12)20-16(24)10-22(2)18(25)15-11-26-17(21-15)13-8-19-23(3)9-13/h4-9,11H,10H2,1-3H3,(H,20,24). The molecule has 2 heterocycles. The number of nitrogens with zero attached hydrogens (tertiary/aromatic N) is 4. The quantitative estimate of drug-likeness (QED) is 0.750. The van der Waals surface area contributed by atoms with Crippen LogP contribution in [0.15, 0.2) is 42.0 Å². The fourth-order valence-corrected chi connectivity index (χ4v) is 3.13. The average Bonchev–Trinajstić information content (AvgIpc) is 3.25. The fourth-order valence-electron chi connectivity index (χ4n) is 2.36. The van der Waals surface area contributed by atoms with Crippen molar-refractivity contribution in [2.75, 3.05) is 18.9 Å². The lowest BCUT2D eigenvalue weighted by Crippen LogP contribution is -2.35. The van der Waals surface area contributed by atoms with Crippen LogP contribution in [0.5, 0.6) is 0 Å². The number of anilines is 1. The van der Waals surface area contributed by atoms with E-state index in [4.69, 9.17) is 0 Å². The number of likely N-dealkylation sites (N-methyl/N-ethyl adjacent to an activating group) is 1. The summed E-state index contributed by atoms with van der Waals surface area (Å²) in [6.45, 7) is 1.93. The van der Waals surface area contributed by atoms with Gasteiger partial charge in [-0.05, 0) is 19.1 Å². The van der Waals surface area contributed by atoms with E-state index >= 15 is 0 Å². The molecule has 0 aliphatic rings. The largest absolute Gasteiger partial charge is 0.331 e. The molecule has 3 aromatic rings. The van der Waals surface area contributed by atoms with E-state index in [0.717, 1.165) is 16.1 Å². The van der Waals surface area contributed by atoms with Gasteiger partial charge < -0.3 is 10.2 Å². The molecular formula is C18H19N5O2S. The molecule has 0 unspecified atom stereocenters. The molecule has 0 fully saturated rings. The SMILES string of the molecule is Cc1ccc(NC(=O)CN(C)C(=O)c2csc(-c3cnn(C)c3)n2)cc1. The zero-order chi connectivity index (χ0) is 18.7. The summed E-state index contributed by atoms with van der Waals surface area (Å²) in [4.78, 5) is 30.3. The molecule has 2 amide bonds. The van der Waals surface area contributed by atoms with Gasteiger partial charge in [-0.1, -0.05) is 17.7 Å². The number of nitrogens with one attached hydrogen (secondary N) is 1. The zero-order valence-electron chi connectivity index (χ0n) is 14.8. The third kappa shape index (κ3) is 4.15. The van der Waals surface area contributed by atoms with Crippen LogP contribution in [0, 0.1) is 6.92 Å². The van der Waals surface area contributed by atoms with Crippen molar-refractivity contribution in [3.63, 3.8) is 0 Å². The Morgan fingerprint density at radius 3 is 2.65 bits per heavy atom. The molecule has 8 heteroatoms. The number of benzene rings is 1. The van der Waals surface area contributed by atoms with Crippen LogP contribution < -0.4 is 5.32 Å².